The van der Waals surface area contributed by atoms with Crippen molar-refractivity contribution < 1.29 is 4.74 Å². The number of likely N-dealkylation sites (N-methyl/N-ethyl adjacent to an activating group) is 2. The molecule has 1 aliphatic rings. The van der Waals surface area contributed by atoms with Crippen molar-refractivity contribution in [2.45, 2.75) is 12.1 Å². The fourth-order valence-corrected chi connectivity index (χ4v) is 5.37. The highest BCUT2D eigenvalue weighted by Gasteiger charge is 2.25. The molecular weight excluding hydrogens is 594 g/mol. The number of halogens is 2. The largest absolute Gasteiger partial charge is 0.367 e. The van der Waals surface area contributed by atoms with Gasteiger partial charge >= 0.3 is 0 Å². The molecule has 2 unspecified atom stereocenters. The molecule has 0 radical (unpaired) electrons. The third-order valence-electron chi connectivity index (χ3n) is 7.30. The summed E-state index contributed by atoms with van der Waals surface area (Å²) in [5.41, 5.74) is 5.03. The Bertz CT molecular complexity index is 1280. The van der Waals surface area contributed by atoms with E-state index in [1.807, 2.05) is 18.2 Å². The van der Waals surface area contributed by atoms with Crippen LogP contribution in [-0.4, -0.2) is 75.2 Å². The lowest BCUT2D eigenvalue weighted by Gasteiger charge is -2.38. The van der Waals surface area contributed by atoms with Crippen LogP contribution in [0.4, 0.5) is 0 Å². The summed E-state index contributed by atoms with van der Waals surface area (Å²) in [6.45, 7) is 6.06. The quantitative estimate of drug-likeness (QED) is 0.187. The second kappa shape index (κ2) is 16.2. The van der Waals surface area contributed by atoms with Gasteiger partial charge in [0.1, 0.15) is 6.10 Å². The maximum absolute atomic E-state index is 6.11. The molecule has 0 amide bonds. The third-order valence-corrected chi connectivity index (χ3v) is 8.08. The van der Waals surface area contributed by atoms with Crippen LogP contribution >= 0.6 is 27.5 Å². The fourth-order valence-electron chi connectivity index (χ4n) is 4.98. The Balaban J connectivity index is 0.000000189. The highest BCUT2D eigenvalue weighted by molar-refractivity contribution is 9.10. The van der Waals surface area contributed by atoms with E-state index in [2.05, 4.69) is 143 Å². The molecular formula is C35H41BrClN3O. The second-order valence-corrected chi connectivity index (χ2v) is 12.1. The number of rotatable bonds is 9. The number of hydrogen-bond donors (Lipinski definition) is 0. The van der Waals surface area contributed by atoms with Gasteiger partial charge < -0.3 is 14.5 Å². The van der Waals surface area contributed by atoms with Crippen LogP contribution in [0.3, 0.4) is 0 Å². The molecule has 0 bridgehead atoms. The predicted octanol–water partition coefficient (Wildman–Crippen LogP) is 7.79. The zero-order valence-electron chi connectivity index (χ0n) is 24.3. The van der Waals surface area contributed by atoms with Crippen molar-refractivity contribution in [3.8, 4) is 0 Å². The molecule has 0 aromatic heterocycles. The van der Waals surface area contributed by atoms with E-state index in [1.54, 1.807) is 0 Å². The smallest absolute Gasteiger partial charge is 0.108 e. The molecule has 5 rings (SSSR count). The Morgan fingerprint density at radius 1 is 0.707 bits per heavy atom. The third kappa shape index (κ3) is 9.78. The first-order valence-electron chi connectivity index (χ1n) is 14.2. The van der Waals surface area contributed by atoms with E-state index in [-0.39, 0.29) is 6.10 Å². The van der Waals surface area contributed by atoms with Gasteiger partial charge in [-0.05, 0) is 67.7 Å². The van der Waals surface area contributed by atoms with Crippen molar-refractivity contribution in [1.29, 1.82) is 0 Å². The minimum absolute atomic E-state index is 0.00995. The van der Waals surface area contributed by atoms with Gasteiger partial charge in [0.05, 0.1) is 12.6 Å². The van der Waals surface area contributed by atoms with E-state index >= 15 is 0 Å². The Kier molecular flexibility index (Phi) is 12.4. The van der Waals surface area contributed by atoms with Crippen LogP contribution < -0.4 is 0 Å². The molecule has 1 heterocycles. The van der Waals surface area contributed by atoms with Crippen LogP contribution in [0.5, 0.6) is 0 Å². The molecule has 0 aliphatic carbocycles. The van der Waals surface area contributed by atoms with Gasteiger partial charge in [-0.1, -0.05) is 112 Å². The SMILES string of the molecule is CN(C)CCOC(c1ccccc1)c1ccc(Br)cc1.CN1CCN(C(c2ccccc2)c2ccc(Cl)cc2)CC1. The normalized spacial score (nSPS) is 15.7. The number of piperazine rings is 1. The van der Waals surface area contributed by atoms with Crippen LogP contribution in [0.25, 0.3) is 0 Å². The van der Waals surface area contributed by atoms with Crippen LogP contribution in [-0.2, 0) is 4.74 Å². The molecule has 0 saturated carbocycles. The number of benzene rings is 4. The first-order chi connectivity index (χ1) is 19.9. The summed E-state index contributed by atoms with van der Waals surface area (Å²) in [5.74, 6) is 0. The van der Waals surface area contributed by atoms with E-state index < -0.39 is 0 Å². The summed E-state index contributed by atoms with van der Waals surface area (Å²) < 4.78 is 7.19. The first-order valence-corrected chi connectivity index (χ1v) is 15.4. The van der Waals surface area contributed by atoms with E-state index in [4.69, 9.17) is 16.3 Å². The summed E-state index contributed by atoms with van der Waals surface area (Å²) in [6, 6.07) is 38.0. The zero-order valence-corrected chi connectivity index (χ0v) is 26.6. The Morgan fingerprint density at radius 2 is 1.20 bits per heavy atom. The number of ether oxygens (including phenoxy) is 1. The highest BCUT2D eigenvalue weighted by Crippen LogP contribution is 2.30. The zero-order chi connectivity index (χ0) is 29.0. The lowest BCUT2D eigenvalue weighted by atomic mass is 9.96. The molecule has 216 valence electrons. The van der Waals surface area contributed by atoms with E-state index in [1.165, 1.54) is 22.3 Å². The van der Waals surface area contributed by atoms with Gasteiger partial charge in [-0.25, -0.2) is 0 Å². The van der Waals surface area contributed by atoms with Gasteiger partial charge in [0.25, 0.3) is 0 Å². The fraction of sp³-hybridized carbons (Fsp3) is 0.314. The van der Waals surface area contributed by atoms with Crippen LogP contribution in [0.1, 0.15) is 34.4 Å². The van der Waals surface area contributed by atoms with Crippen molar-refractivity contribution in [3.63, 3.8) is 0 Å². The predicted molar refractivity (Wildman–Crippen MR) is 176 cm³/mol. The standard InChI is InChI=1S/C18H21ClN2.C17H20BrNO/c1-20-11-13-21(14-12-20)18(15-5-3-2-4-6-15)16-7-9-17(19)10-8-16;1-19(2)12-13-20-17(14-6-4-3-5-7-14)15-8-10-16(18)11-9-15/h2-10,18H,11-14H2,1H3;3-11,17H,12-13H2,1-2H3. The van der Waals surface area contributed by atoms with Gasteiger partial charge in [0.15, 0.2) is 0 Å². The van der Waals surface area contributed by atoms with Crippen LogP contribution in [0.2, 0.25) is 5.02 Å². The number of nitrogens with zero attached hydrogens (tertiary/aromatic N) is 3. The molecule has 1 aliphatic heterocycles. The molecule has 41 heavy (non-hydrogen) atoms. The Labute approximate surface area is 259 Å². The van der Waals surface area contributed by atoms with Gasteiger partial charge in [0.2, 0.25) is 0 Å². The first kappa shape index (κ1) is 31.4. The minimum Gasteiger partial charge on any atom is -0.367 e. The molecule has 4 aromatic carbocycles. The van der Waals surface area contributed by atoms with Crippen molar-refractivity contribution in [3.05, 3.63) is 141 Å². The molecule has 0 spiro atoms. The Morgan fingerprint density at radius 3 is 1.76 bits per heavy atom. The molecule has 1 saturated heterocycles. The molecule has 2 atom stereocenters. The molecule has 4 nitrogen and oxygen atoms in total. The van der Waals surface area contributed by atoms with E-state index in [9.17, 15) is 0 Å². The second-order valence-electron chi connectivity index (χ2n) is 10.7. The van der Waals surface area contributed by atoms with Crippen molar-refractivity contribution in [1.82, 2.24) is 14.7 Å². The topological polar surface area (TPSA) is 19.0 Å². The van der Waals surface area contributed by atoms with E-state index in [0.717, 1.165) is 42.2 Å². The Hall–Kier alpha value is -2.51. The molecule has 0 N–H and O–H groups in total. The summed E-state index contributed by atoms with van der Waals surface area (Å²) in [4.78, 5) is 7.09. The van der Waals surface area contributed by atoms with Crippen molar-refractivity contribution >= 4 is 27.5 Å². The monoisotopic (exact) mass is 633 g/mol. The van der Waals surface area contributed by atoms with Crippen LogP contribution in [0, 0.1) is 0 Å². The molecule has 1 fully saturated rings. The average molecular weight is 635 g/mol. The maximum atomic E-state index is 6.11. The minimum atomic E-state index is -0.00995. The summed E-state index contributed by atoms with van der Waals surface area (Å²) in [7, 11) is 6.30. The molecule has 4 aromatic rings. The highest BCUT2D eigenvalue weighted by atomic mass is 79.9. The average Bonchev–Trinajstić information content (AvgIpc) is 2.99. The maximum Gasteiger partial charge on any atom is 0.108 e. The van der Waals surface area contributed by atoms with Crippen molar-refractivity contribution in [2.24, 2.45) is 0 Å². The van der Waals surface area contributed by atoms with Gasteiger partial charge in [-0.2, -0.15) is 0 Å². The van der Waals surface area contributed by atoms with Gasteiger partial charge in [-0.3, -0.25) is 4.90 Å². The summed E-state index contributed by atoms with van der Waals surface area (Å²) >= 11 is 9.52. The lowest BCUT2D eigenvalue weighted by molar-refractivity contribution is 0.0687. The number of hydrogen-bond acceptors (Lipinski definition) is 4. The van der Waals surface area contributed by atoms with E-state index in [0.29, 0.717) is 12.6 Å². The van der Waals surface area contributed by atoms with Crippen LogP contribution in [0.15, 0.2) is 114 Å². The van der Waals surface area contributed by atoms with Crippen molar-refractivity contribution in [2.75, 3.05) is 60.5 Å². The van der Waals surface area contributed by atoms with Gasteiger partial charge in [-0.15, -0.1) is 0 Å². The van der Waals surface area contributed by atoms with Gasteiger partial charge in [0, 0.05) is 42.2 Å². The summed E-state index contributed by atoms with van der Waals surface area (Å²) in [5, 5.41) is 0.795. The molecule has 6 heteroatoms. The lowest BCUT2D eigenvalue weighted by Crippen LogP contribution is -2.46. The summed E-state index contributed by atoms with van der Waals surface area (Å²) in [6.07, 6.45) is -0.00995.